The molecule has 0 atom stereocenters. The van der Waals surface area contributed by atoms with Crippen molar-refractivity contribution in [1.29, 1.82) is 0 Å². The number of benzene rings is 1. The van der Waals surface area contributed by atoms with E-state index in [1.54, 1.807) is 18.2 Å². The maximum Gasteiger partial charge on any atom is 0.258 e. The summed E-state index contributed by atoms with van der Waals surface area (Å²) in [5, 5.41) is 3.74. The molecule has 94 valence electrons. The number of halogens is 2. The molecular weight excluding hydrogens is 336 g/mol. The van der Waals surface area contributed by atoms with Crippen molar-refractivity contribution in [2.45, 2.75) is 13.8 Å². The van der Waals surface area contributed by atoms with E-state index in [0.29, 0.717) is 20.2 Å². The van der Waals surface area contributed by atoms with Crippen LogP contribution in [0.1, 0.15) is 20.9 Å². The number of rotatable bonds is 2. The monoisotopic (exact) mass is 344 g/mol. The summed E-state index contributed by atoms with van der Waals surface area (Å²) in [6.07, 6.45) is 0. The van der Waals surface area contributed by atoms with Crippen LogP contribution < -0.4 is 5.32 Å². The Bertz CT molecular complexity index is 593. The quantitative estimate of drug-likeness (QED) is 0.875. The highest BCUT2D eigenvalue weighted by molar-refractivity contribution is 9.10. The van der Waals surface area contributed by atoms with Gasteiger partial charge in [0, 0.05) is 9.35 Å². The highest BCUT2D eigenvalue weighted by Crippen LogP contribution is 2.27. The van der Waals surface area contributed by atoms with E-state index >= 15 is 0 Å². The topological polar surface area (TPSA) is 42.0 Å². The van der Waals surface area contributed by atoms with Crippen molar-refractivity contribution in [2.75, 3.05) is 5.32 Å². The fraction of sp³-hybridized carbons (Fsp3) is 0.167. The molecule has 0 saturated heterocycles. The number of hydrogen-bond acceptors (Lipinski definition) is 3. The molecule has 0 aliphatic heterocycles. The Balaban J connectivity index is 2.24. The first-order chi connectivity index (χ1) is 8.49. The van der Waals surface area contributed by atoms with E-state index in [4.69, 9.17) is 11.6 Å². The third-order valence-electron chi connectivity index (χ3n) is 2.45. The maximum absolute atomic E-state index is 12.1. The number of aromatic nitrogens is 1. The zero-order valence-electron chi connectivity index (χ0n) is 9.75. The van der Waals surface area contributed by atoms with Gasteiger partial charge in [-0.05, 0) is 41.9 Å². The molecule has 0 radical (unpaired) electrons. The van der Waals surface area contributed by atoms with E-state index in [-0.39, 0.29) is 5.91 Å². The van der Waals surface area contributed by atoms with Crippen LogP contribution in [0.3, 0.4) is 0 Å². The van der Waals surface area contributed by atoms with E-state index in [2.05, 4.69) is 26.2 Å². The minimum absolute atomic E-state index is 0.255. The number of aryl methyl sites for hydroxylation is 2. The van der Waals surface area contributed by atoms with Gasteiger partial charge in [-0.3, -0.25) is 10.1 Å². The van der Waals surface area contributed by atoms with Gasteiger partial charge in [0.25, 0.3) is 5.91 Å². The lowest BCUT2D eigenvalue weighted by atomic mass is 10.2. The largest absolute Gasteiger partial charge is 0.298 e. The molecule has 6 heteroatoms. The summed E-state index contributed by atoms with van der Waals surface area (Å²) in [5.74, 6) is -0.255. The summed E-state index contributed by atoms with van der Waals surface area (Å²) in [6.45, 7) is 3.88. The summed E-state index contributed by atoms with van der Waals surface area (Å²) >= 11 is 10.8. The van der Waals surface area contributed by atoms with Gasteiger partial charge in [0.2, 0.25) is 0 Å². The number of amides is 1. The van der Waals surface area contributed by atoms with E-state index in [0.717, 1.165) is 10.6 Å². The first-order valence-corrected chi connectivity index (χ1v) is 7.17. The van der Waals surface area contributed by atoms with E-state index < -0.39 is 0 Å². The van der Waals surface area contributed by atoms with Crippen molar-refractivity contribution in [3.05, 3.63) is 43.8 Å². The Hall–Kier alpha value is -0.910. The molecule has 1 aromatic heterocycles. The van der Waals surface area contributed by atoms with Crippen LogP contribution in [0.2, 0.25) is 5.02 Å². The normalized spacial score (nSPS) is 10.4. The molecule has 0 fully saturated rings. The number of anilines is 1. The summed E-state index contributed by atoms with van der Waals surface area (Å²) in [6, 6.07) is 5.23. The number of hydrogen-bond donors (Lipinski definition) is 1. The number of carbonyl (C=O) groups is 1. The van der Waals surface area contributed by atoms with Gasteiger partial charge in [0.15, 0.2) is 5.13 Å². The van der Waals surface area contributed by atoms with Crippen LogP contribution in [-0.4, -0.2) is 10.9 Å². The fourth-order valence-electron chi connectivity index (χ4n) is 1.37. The molecule has 2 aromatic rings. The van der Waals surface area contributed by atoms with Crippen molar-refractivity contribution >= 4 is 49.9 Å². The van der Waals surface area contributed by atoms with Crippen LogP contribution in [0, 0.1) is 13.8 Å². The van der Waals surface area contributed by atoms with Crippen LogP contribution in [0.5, 0.6) is 0 Å². The summed E-state index contributed by atoms with van der Waals surface area (Å²) in [7, 11) is 0. The lowest BCUT2D eigenvalue weighted by Gasteiger charge is -2.05. The Morgan fingerprint density at radius 3 is 2.78 bits per heavy atom. The second-order valence-corrected chi connectivity index (χ2v) is 6.15. The average Bonchev–Trinajstić information content (AvgIpc) is 2.61. The van der Waals surface area contributed by atoms with Gasteiger partial charge in [-0.25, -0.2) is 4.98 Å². The van der Waals surface area contributed by atoms with Crippen LogP contribution in [0.4, 0.5) is 5.13 Å². The molecule has 0 saturated carbocycles. The van der Waals surface area contributed by atoms with Crippen LogP contribution in [-0.2, 0) is 0 Å². The zero-order valence-corrected chi connectivity index (χ0v) is 12.9. The third-order valence-corrected chi connectivity index (χ3v) is 4.73. The van der Waals surface area contributed by atoms with Gasteiger partial charge in [-0.1, -0.05) is 17.7 Å². The number of nitrogens with one attached hydrogen (secondary N) is 1. The minimum Gasteiger partial charge on any atom is -0.298 e. The molecule has 1 amide bonds. The highest BCUT2D eigenvalue weighted by Gasteiger charge is 2.14. The van der Waals surface area contributed by atoms with Gasteiger partial charge >= 0.3 is 0 Å². The van der Waals surface area contributed by atoms with Crippen molar-refractivity contribution in [2.24, 2.45) is 0 Å². The molecule has 0 aliphatic rings. The predicted octanol–water partition coefficient (Wildman–Crippen LogP) is 4.43. The Kier molecular flexibility index (Phi) is 4.04. The lowest BCUT2D eigenvalue weighted by molar-refractivity contribution is 0.102. The fourth-order valence-corrected chi connectivity index (χ4v) is 2.76. The maximum atomic E-state index is 12.1. The SMILES string of the molecule is Cc1nc(NC(=O)c2cccc(Br)c2Cl)sc1C. The molecule has 1 N–H and O–H groups in total. The first-order valence-electron chi connectivity index (χ1n) is 5.18. The number of carbonyl (C=O) groups excluding carboxylic acids is 1. The van der Waals surface area contributed by atoms with E-state index in [1.165, 1.54) is 11.3 Å². The van der Waals surface area contributed by atoms with Gasteiger partial charge in [0.1, 0.15) is 0 Å². The van der Waals surface area contributed by atoms with Crippen LogP contribution in [0.15, 0.2) is 22.7 Å². The Labute approximate surface area is 122 Å². The smallest absolute Gasteiger partial charge is 0.258 e. The predicted molar refractivity (Wildman–Crippen MR) is 78.7 cm³/mol. The molecular formula is C12H10BrClN2OS. The Morgan fingerprint density at radius 2 is 2.17 bits per heavy atom. The molecule has 0 bridgehead atoms. The van der Waals surface area contributed by atoms with Gasteiger partial charge < -0.3 is 0 Å². The number of thiazole rings is 1. The molecule has 1 heterocycles. The molecule has 18 heavy (non-hydrogen) atoms. The molecule has 0 spiro atoms. The Morgan fingerprint density at radius 1 is 1.44 bits per heavy atom. The van der Waals surface area contributed by atoms with Crippen molar-refractivity contribution in [3.63, 3.8) is 0 Å². The van der Waals surface area contributed by atoms with Crippen molar-refractivity contribution < 1.29 is 4.79 Å². The van der Waals surface area contributed by atoms with E-state index in [9.17, 15) is 4.79 Å². The van der Waals surface area contributed by atoms with Gasteiger partial charge in [0.05, 0.1) is 16.3 Å². The molecule has 2 rings (SSSR count). The van der Waals surface area contributed by atoms with E-state index in [1.807, 2.05) is 13.8 Å². The second kappa shape index (κ2) is 5.38. The zero-order chi connectivity index (χ0) is 13.3. The van der Waals surface area contributed by atoms with Crippen LogP contribution >= 0.6 is 38.9 Å². The third kappa shape index (κ3) is 2.74. The minimum atomic E-state index is -0.255. The van der Waals surface area contributed by atoms with Gasteiger partial charge in [-0.15, -0.1) is 11.3 Å². The molecule has 0 aliphatic carbocycles. The van der Waals surface area contributed by atoms with Crippen LogP contribution in [0.25, 0.3) is 0 Å². The summed E-state index contributed by atoms with van der Waals surface area (Å²) in [4.78, 5) is 17.4. The second-order valence-electron chi connectivity index (χ2n) is 3.72. The molecule has 3 nitrogen and oxygen atoms in total. The van der Waals surface area contributed by atoms with Crippen molar-refractivity contribution in [3.8, 4) is 0 Å². The molecule has 0 unspecified atom stereocenters. The summed E-state index contributed by atoms with van der Waals surface area (Å²) in [5.41, 5.74) is 1.35. The highest BCUT2D eigenvalue weighted by atomic mass is 79.9. The standard InChI is InChI=1S/C12H10BrClN2OS/c1-6-7(2)18-12(15-6)16-11(17)8-4-3-5-9(13)10(8)14/h3-5H,1-2H3,(H,15,16,17). The first kappa shape index (κ1) is 13.5. The number of nitrogens with zero attached hydrogens (tertiary/aromatic N) is 1. The average molecular weight is 346 g/mol. The molecule has 1 aromatic carbocycles. The lowest BCUT2D eigenvalue weighted by Crippen LogP contribution is -2.12. The van der Waals surface area contributed by atoms with Gasteiger partial charge in [-0.2, -0.15) is 0 Å². The summed E-state index contributed by atoms with van der Waals surface area (Å²) < 4.78 is 0.698. The van der Waals surface area contributed by atoms with Crippen molar-refractivity contribution in [1.82, 2.24) is 4.98 Å².